The number of carbonyl (C=O) groups is 1. The zero-order valence-electron chi connectivity index (χ0n) is 11.5. The first-order chi connectivity index (χ1) is 10.6. The third-order valence-corrected chi connectivity index (χ3v) is 3.27. The number of hydrogen-bond donors (Lipinski definition) is 1. The summed E-state index contributed by atoms with van der Waals surface area (Å²) in [6.45, 7) is 0. The van der Waals surface area contributed by atoms with E-state index in [9.17, 15) is 9.59 Å². The average molecular weight is 292 g/mol. The molecule has 0 aliphatic rings. The van der Waals surface area contributed by atoms with E-state index in [1.54, 1.807) is 18.2 Å². The summed E-state index contributed by atoms with van der Waals surface area (Å²) in [7, 11) is 0. The van der Waals surface area contributed by atoms with Gasteiger partial charge in [-0.2, -0.15) is 0 Å². The number of rotatable bonds is 3. The highest BCUT2D eigenvalue weighted by molar-refractivity contribution is 5.89. The molecule has 3 aromatic rings. The molecule has 3 rings (SSSR count). The number of carboxylic acids is 1. The van der Waals surface area contributed by atoms with Crippen LogP contribution in [0.25, 0.3) is 22.5 Å². The van der Waals surface area contributed by atoms with Crippen molar-refractivity contribution in [3.63, 3.8) is 0 Å². The van der Waals surface area contributed by atoms with Gasteiger partial charge in [0.2, 0.25) is 0 Å². The molecule has 1 N–H and O–H groups in total. The summed E-state index contributed by atoms with van der Waals surface area (Å²) < 4.78 is 5.23. The van der Waals surface area contributed by atoms with Crippen molar-refractivity contribution in [1.29, 1.82) is 0 Å². The Morgan fingerprint density at radius 2 is 1.55 bits per heavy atom. The van der Waals surface area contributed by atoms with E-state index in [0.717, 1.165) is 5.56 Å². The molecule has 1 aromatic heterocycles. The largest absolute Gasteiger partial charge is 0.478 e. The van der Waals surface area contributed by atoms with Gasteiger partial charge in [-0.15, -0.1) is 0 Å². The molecule has 108 valence electrons. The van der Waals surface area contributed by atoms with Gasteiger partial charge in [0.25, 0.3) is 0 Å². The van der Waals surface area contributed by atoms with Crippen LogP contribution in [0, 0.1) is 0 Å². The smallest absolute Gasteiger partial charge is 0.336 e. The fourth-order valence-electron chi connectivity index (χ4n) is 2.22. The van der Waals surface area contributed by atoms with Gasteiger partial charge >= 0.3 is 11.6 Å². The molecule has 0 saturated heterocycles. The fourth-order valence-corrected chi connectivity index (χ4v) is 2.22. The van der Waals surface area contributed by atoms with Crippen LogP contribution >= 0.6 is 0 Å². The second-order valence-corrected chi connectivity index (χ2v) is 4.78. The summed E-state index contributed by atoms with van der Waals surface area (Å²) in [4.78, 5) is 22.9. The van der Waals surface area contributed by atoms with Crippen molar-refractivity contribution >= 4 is 5.97 Å². The SMILES string of the molecule is O=C(O)c1cccc(-c2cc(-c3ccccc3)oc(=O)c2)c1. The summed E-state index contributed by atoms with van der Waals surface area (Å²) in [6.07, 6.45) is 0. The minimum absolute atomic E-state index is 0.173. The quantitative estimate of drug-likeness (QED) is 0.799. The first-order valence-electron chi connectivity index (χ1n) is 6.68. The van der Waals surface area contributed by atoms with E-state index in [1.807, 2.05) is 30.3 Å². The van der Waals surface area contributed by atoms with E-state index in [1.165, 1.54) is 18.2 Å². The molecule has 1 heterocycles. The van der Waals surface area contributed by atoms with Crippen LogP contribution in [0.1, 0.15) is 10.4 Å². The lowest BCUT2D eigenvalue weighted by atomic mass is 10.0. The second-order valence-electron chi connectivity index (χ2n) is 4.78. The van der Waals surface area contributed by atoms with Gasteiger partial charge in [-0.1, -0.05) is 42.5 Å². The lowest BCUT2D eigenvalue weighted by Gasteiger charge is -2.05. The van der Waals surface area contributed by atoms with Gasteiger partial charge in [-0.25, -0.2) is 9.59 Å². The minimum Gasteiger partial charge on any atom is -0.478 e. The molecule has 2 aromatic carbocycles. The highest BCUT2D eigenvalue weighted by atomic mass is 16.4. The van der Waals surface area contributed by atoms with Gasteiger partial charge in [0, 0.05) is 11.6 Å². The molecule has 22 heavy (non-hydrogen) atoms. The number of aromatic carboxylic acids is 1. The predicted octanol–water partition coefficient (Wildman–Crippen LogP) is 3.67. The van der Waals surface area contributed by atoms with Gasteiger partial charge in [0.15, 0.2) is 0 Å². The van der Waals surface area contributed by atoms with Gasteiger partial charge < -0.3 is 9.52 Å². The first-order valence-corrected chi connectivity index (χ1v) is 6.68. The van der Waals surface area contributed by atoms with E-state index in [4.69, 9.17) is 9.52 Å². The fraction of sp³-hybridized carbons (Fsp3) is 0. The molecule has 0 atom stereocenters. The molecule has 4 nitrogen and oxygen atoms in total. The molecule has 0 amide bonds. The molecule has 0 spiro atoms. The summed E-state index contributed by atoms with van der Waals surface area (Å²) in [6, 6.07) is 18.8. The van der Waals surface area contributed by atoms with Crippen molar-refractivity contribution in [3.05, 3.63) is 82.7 Å². The zero-order valence-corrected chi connectivity index (χ0v) is 11.5. The Morgan fingerprint density at radius 3 is 2.27 bits per heavy atom. The van der Waals surface area contributed by atoms with E-state index in [-0.39, 0.29) is 5.56 Å². The maximum atomic E-state index is 11.8. The van der Waals surface area contributed by atoms with Gasteiger partial charge in [-0.05, 0) is 29.3 Å². The molecule has 0 radical (unpaired) electrons. The molecule has 0 aliphatic carbocycles. The second kappa shape index (κ2) is 5.69. The lowest BCUT2D eigenvalue weighted by molar-refractivity contribution is 0.0697. The molecule has 0 unspecified atom stereocenters. The third kappa shape index (κ3) is 2.81. The van der Waals surface area contributed by atoms with Crippen molar-refractivity contribution in [1.82, 2.24) is 0 Å². The Labute approximate surface area is 126 Å². The van der Waals surface area contributed by atoms with Crippen LogP contribution in [0.4, 0.5) is 0 Å². The molecule has 0 aliphatic heterocycles. The molecule has 0 bridgehead atoms. The van der Waals surface area contributed by atoms with E-state index >= 15 is 0 Å². The van der Waals surface area contributed by atoms with Crippen LogP contribution in [0.15, 0.2) is 75.9 Å². The van der Waals surface area contributed by atoms with E-state index < -0.39 is 11.6 Å². The third-order valence-electron chi connectivity index (χ3n) is 3.27. The topological polar surface area (TPSA) is 67.5 Å². The van der Waals surface area contributed by atoms with Crippen molar-refractivity contribution in [2.24, 2.45) is 0 Å². The van der Waals surface area contributed by atoms with E-state index in [0.29, 0.717) is 16.9 Å². The van der Waals surface area contributed by atoms with Crippen molar-refractivity contribution in [2.45, 2.75) is 0 Å². The first kappa shape index (κ1) is 13.8. The molecule has 4 heteroatoms. The highest BCUT2D eigenvalue weighted by Gasteiger charge is 2.08. The molecule has 0 fully saturated rings. The Bertz CT molecular complexity index is 879. The Kier molecular flexibility index (Phi) is 3.58. The lowest BCUT2D eigenvalue weighted by Crippen LogP contribution is -2.00. The Morgan fingerprint density at radius 1 is 0.818 bits per heavy atom. The van der Waals surface area contributed by atoms with Crippen LogP contribution in [0.5, 0.6) is 0 Å². The summed E-state index contributed by atoms with van der Waals surface area (Å²) >= 11 is 0. The Balaban J connectivity index is 2.13. The number of carboxylic acid groups (broad SMARTS) is 1. The molecular weight excluding hydrogens is 280 g/mol. The molecular formula is C18H12O4. The van der Waals surface area contributed by atoms with Gasteiger partial charge in [0.05, 0.1) is 5.56 Å². The van der Waals surface area contributed by atoms with Gasteiger partial charge in [0.1, 0.15) is 5.76 Å². The summed E-state index contributed by atoms with van der Waals surface area (Å²) in [5.74, 6) is -0.558. The van der Waals surface area contributed by atoms with Gasteiger partial charge in [-0.3, -0.25) is 0 Å². The van der Waals surface area contributed by atoms with Crippen LogP contribution in [0.2, 0.25) is 0 Å². The normalized spacial score (nSPS) is 10.4. The van der Waals surface area contributed by atoms with Crippen molar-refractivity contribution in [2.75, 3.05) is 0 Å². The zero-order chi connectivity index (χ0) is 15.5. The predicted molar refractivity (Wildman–Crippen MR) is 82.8 cm³/mol. The maximum absolute atomic E-state index is 11.8. The van der Waals surface area contributed by atoms with Crippen LogP contribution in [-0.2, 0) is 0 Å². The Hall–Kier alpha value is -3.14. The van der Waals surface area contributed by atoms with Crippen molar-refractivity contribution in [3.8, 4) is 22.5 Å². The highest BCUT2D eigenvalue weighted by Crippen LogP contribution is 2.25. The molecule has 0 saturated carbocycles. The van der Waals surface area contributed by atoms with Crippen LogP contribution < -0.4 is 5.63 Å². The maximum Gasteiger partial charge on any atom is 0.336 e. The van der Waals surface area contributed by atoms with E-state index in [2.05, 4.69) is 0 Å². The summed E-state index contributed by atoms with van der Waals surface area (Å²) in [5.41, 5.74) is 1.77. The van der Waals surface area contributed by atoms with Crippen LogP contribution in [-0.4, -0.2) is 11.1 Å². The van der Waals surface area contributed by atoms with Crippen LogP contribution in [0.3, 0.4) is 0 Å². The monoisotopic (exact) mass is 292 g/mol. The number of hydrogen-bond acceptors (Lipinski definition) is 3. The minimum atomic E-state index is -1.01. The van der Waals surface area contributed by atoms with Crippen molar-refractivity contribution < 1.29 is 14.3 Å². The standard InChI is InChI=1S/C18H12O4/c19-17-11-15(13-7-4-8-14(9-13)18(20)21)10-16(22-17)12-5-2-1-3-6-12/h1-11H,(H,20,21). The number of benzene rings is 2. The summed E-state index contributed by atoms with van der Waals surface area (Å²) in [5, 5.41) is 9.06. The average Bonchev–Trinajstić information content (AvgIpc) is 2.55.